The molecular weight excluding hydrogens is 240 g/mol. The van der Waals surface area contributed by atoms with Gasteiger partial charge >= 0.3 is 0 Å². The second-order valence-electron chi connectivity index (χ2n) is 6.43. The van der Waals surface area contributed by atoms with E-state index in [4.69, 9.17) is 4.74 Å². The Labute approximate surface area is 117 Å². The lowest BCUT2D eigenvalue weighted by molar-refractivity contribution is 0.00348. The lowest BCUT2D eigenvalue weighted by Crippen LogP contribution is -2.46. The molecule has 0 aromatic heterocycles. The van der Waals surface area contributed by atoms with Crippen molar-refractivity contribution < 1.29 is 9.84 Å². The van der Waals surface area contributed by atoms with Crippen LogP contribution in [0.4, 0.5) is 0 Å². The summed E-state index contributed by atoms with van der Waals surface area (Å²) in [5.74, 6) is 0.845. The van der Waals surface area contributed by atoms with Gasteiger partial charge in [-0.25, -0.2) is 0 Å². The standard InChI is InChI=1S/C15H30N2O2/c1-13-4-3-5-14(10-13)16(2)11-15(18)12-17-6-8-19-9-7-17/h13-15,18H,3-12H2,1-2H3. The summed E-state index contributed by atoms with van der Waals surface area (Å²) in [4.78, 5) is 4.69. The third-order valence-corrected chi connectivity index (χ3v) is 4.60. The van der Waals surface area contributed by atoms with E-state index in [1.165, 1.54) is 25.7 Å². The van der Waals surface area contributed by atoms with Crippen molar-refractivity contribution in [1.82, 2.24) is 9.80 Å². The lowest BCUT2D eigenvalue weighted by atomic mass is 9.86. The first kappa shape index (κ1) is 15.2. The van der Waals surface area contributed by atoms with E-state index in [2.05, 4.69) is 23.8 Å². The number of ether oxygens (including phenoxy) is 1. The van der Waals surface area contributed by atoms with E-state index < -0.39 is 0 Å². The molecule has 1 N–H and O–H groups in total. The largest absolute Gasteiger partial charge is 0.390 e. The van der Waals surface area contributed by atoms with E-state index in [1.54, 1.807) is 0 Å². The Hall–Kier alpha value is -0.160. The van der Waals surface area contributed by atoms with Crippen LogP contribution in [0.1, 0.15) is 32.6 Å². The highest BCUT2D eigenvalue weighted by Crippen LogP contribution is 2.26. The third-order valence-electron chi connectivity index (χ3n) is 4.60. The van der Waals surface area contributed by atoms with Crippen LogP contribution in [-0.2, 0) is 4.74 Å². The first-order valence-corrected chi connectivity index (χ1v) is 7.83. The molecule has 2 rings (SSSR count). The van der Waals surface area contributed by atoms with Gasteiger partial charge < -0.3 is 14.7 Å². The van der Waals surface area contributed by atoms with Crippen LogP contribution in [0.5, 0.6) is 0 Å². The van der Waals surface area contributed by atoms with Crippen molar-refractivity contribution in [1.29, 1.82) is 0 Å². The fraction of sp³-hybridized carbons (Fsp3) is 1.00. The molecule has 0 radical (unpaired) electrons. The Bertz CT molecular complexity index is 257. The van der Waals surface area contributed by atoms with Crippen molar-refractivity contribution >= 4 is 0 Å². The van der Waals surface area contributed by atoms with Gasteiger partial charge in [0.15, 0.2) is 0 Å². The quantitative estimate of drug-likeness (QED) is 0.814. The van der Waals surface area contributed by atoms with Crippen LogP contribution in [0.15, 0.2) is 0 Å². The molecule has 3 atom stereocenters. The van der Waals surface area contributed by atoms with Gasteiger partial charge in [0.2, 0.25) is 0 Å². The second kappa shape index (κ2) is 7.58. The van der Waals surface area contributed by atoms with Gasteiger partial charge in [-0.2, -0.15) is 0 Å². The molecule has 0 aromatic carbocycles. The number of aliphatic hydroxyl groups is 1. The summed E-state index contributed by atoms with van der Waals surface area (Å²) in [5.41, 5.74) is 0. The zero-order valence-corrected chi connectivity index (χ0v) is 12.6. The van der Waals surface area contributed by atoms with Crippen LogP contribution in [-0.4, -0.2) is 73.5 Å². The Morgan fingerprint density at radius 2 is 2.05 bits per heavy atom. The molecule has 0 bridgehead atoms. The van der Waals surface area contributed by atoms with Crippen LogP contribution < -0.4 is 0 Å². The number of nitrogens with zero attached hydrogens (tertiary/aromatic N) is 2. The molecule has 1 saturated heterocycles. The molecule has 2 fully saturated rings. The van der Waals surface area contributed by atoms with Gasteiger partial charge in [-0.3, -0.25) is 4.90 Å². The molecule has 19 heavy (non-hydrogen) atoms. The van der Waals surface area contributed by atoms with Crippen LogP contribution in [0.25, 0.3) is 0 Å². The average Bonchev–Trinajstić information content (AvgIpc) is 2.39. The molecule has 1 aliphatic carbocycles. The molecular formula is C15H30N2O2. The number of morpholine rings is 1. The summed E-state index contributed by atoms with van der Waals surface area (Å²) in [5, 5.41) is 10.2. The summed E-state index contributed by atoms with van der Waals surface area (Å²) < 4.78 is 5.34. The Kier molecular flexibility index (Phi) is 6.07. The van der Waals surface area contributed by atoms with E-state index >= 15 is 0 Å². The fourth-order valence-corrected chi connectivity index (χ4v) is 3.42. The predicted molar refractivity (Wildman–Crippen MR) is 77.3 cm³/mol. The third kappa shape index (κ3) is 5.03. The van der Waals surface area contributed by atoms with E-state index in [-0.39, 0.29) is 6.10 Å². The van der Waals surface area contributed by atoms with E-state index in [0.717, 1.165) is 45.3 Å². The second-order valence-corrected chi connectivity index (χ2v) is 6.43. The number of hydrogen-bond acceptors (Lipinski definition) is 4. The molecule has 0 spiro atoms. The molecule has 4 heteroatoms. The zero-order valence-electron chi connectivity index (χ0n) is 12.6. The number of hydrogen-bond donors (Lipinski definition) is 1. The zero-order chi connectivity index (χ0) is 13.7. The maximum atomic E-state index is 10.2. The van der Waals surface area contributed by atoms with Crippen molar-refractivity contribution in [3.8, 4) is 0 Å². The van der Waals surface area contributed by atoms with Crippen LogP contribution >= 0.6 is 0 Å². The lowest BCUT2D eigenvalue weighted by Gasteiger charge is -2.36. The summed E-state index contributed by atoms with van der Waals surface area (Å²) in [6.45, 7) is 7.47. The summed E-state index contributed by atoms with van der Waals surface area (Å²) in [6, 6.07) is 0.670. The number of aliphatic hydroxyl groups excluding tert-OH is 1. The Morgan fingerprint density at radius 1 is 1.32 bits per heavy atom. The molecule has 3 unspecified atom stereocenters. The van der Waals surface area contributed by atoms with Gasteiger partial charge in [0.05, 0.1) is 19.3 Å². The minimum atomic E-state index is -0.236. The maximum absolute atomic E-state index is 10.2. The Balaban J connectivity index is 1.69. The number of β-amino-alcohol motifs (C(OH)–C–C–N with tert-alkyl or cyclic N) is 1. The highest BCUT2D eigenvalue weighted by atomic mass is 16.5. The Morgan fingerprint density at radius 3 is 2.74 bits per heavy atom. The summed E-state index contributed by atoms with van der Waals surface area (Å²) in [7, 11) is 2.17. The van der Waals surface area contributed by atoms with Crippen molar-refractivity contribution in [3.63, 3.8) is 0 Å². The topological polar surface area (TPSA) is 35.9 Å². The first-order chi connectivity index (χ1) is 9.15. The fourth-order valence-electron chi connectivity index (χ4n) is 3.42. The van der Waals surface area contributed by atoms with E-state index in [9.17, 15) is 5.11 Å². The molecule has 1 saturated carbocycles. The van der Waals surface area contributed by atoms with E-state index in [1.807, 2.05) is 0 Å². The molecule has 4 nitrogen and oxygen atoms in total. The molecule has 0 amide bonds. The molecule has 0 aromatic rings. The van der Waals surface area contributed by atoms with E-state index in [0.29, 0.717) is 6.04 Å². The smallest absolute Gasteiger partial charge is 0.0793 e. The molecule has 1 aliphatic heterocycles. The number of rotatable bonds is 5. The normalized spacial score (nSPS) is 31.6. The first-order valence-electron chi connectivity index (χ1n) is 7.83. The van der Waals surface area contributed by atoms with Gasteiger partial charge in [0, 0.05) is 32.2 Å². The van der Waals surface area contributed by atoms with Crippen LogP contribution in [0.2, 0.25) is 0 Å². The van der Waals surface area contributed by atoms with Gasteiger partial charge in [-0.15, -0.1) is 0 Å². The van der Waals surface area contributed by atoms with Gasteiger partial charge in [-0.1, -0.05) is 19.8 Å². The van der Waals surface area contributed by atoms with Gasteiger partial charge in [-0.05, 0) is 25.8 Å². The summed E-state index contributed by atoms with van der Waals surface area (Å²) in [6.07, 6.45) is 5.07. The van der Waals surface area contributed by atoms with Gasteiger partial charge in [0.25, 0.3) is 0 Å². The minimum Gasteiger partial charge on any atom is -0.390 e. The van der Waals surface area contributed by atoms with Crippen LogP contribution in [0.3, 0.4) is 0 Å². The van der Waals surface area contributed by atoms with Crippen molar-refractivity contribution in [3.05, 3.63) is 0 Å². The molecule has 2 aliphatic rings. The maximum Gasteiger partial charge on any atom is 0.0793 e. The average molecular weight is 270 g/mol. The molecule has 1 heterocycles. The monoisotopic (exact) mass is 270 g/mol. The predicted octanol–water partition coefficient (Wildman–Crippen LogP) is 1.19. The van der Waals surface area contributed by atoms with Crippen molar-refractivity contribution in [2.45, 2.75) is 44.8 Å². The van der Waals surface area contributed by atoms with Crippen molar-refractivity contribution in [2.24, 2.45) is 5.92 Å². The number of likely N-dealkylation sites (N-methyl/N-ethyl adjacent to an activating group) is 1. The summed E-state index contributed by atoms with van der Waals surface area (Å²) >= 11 is 0. The molecule has 112 valence electrons. The highest BCUT2D eigenvalue weighted by Gasteiger charge is 2.24. The minimum absolute atomic E-state index is 0.236. The van der Waals surface area contributed by atoms with Gasteiger partial charge in [0.1, 0.15) is 0 Å². The van der Waals surface area contributed by atoms with Crippen LogP contribution in [0, 0.1) is 5.92 Å². The van der Waals surface area contributed by atoms with Crippen molar-refractivity contribution in [2.75, 3.05) is 46.4 Å². The highest BCUT2D eigenvalue weighted by molar-refractivity contribution is 4.79. The SMILES string of the molecule is CC1CCCC(N(C)CC(O)CN2CCOCC2)C1.